The van der Waals surface area contributed by atoms with Crippen LogP contribution in [0, 0.1) is 0 Å². The van der Waals surface area contributed by atoms with E-state index >= 15 is 0 Å². The zero-order chi connectivity index (χ0) is 21.2. The van der Waals surface area contributed by atoms with Crippen LogP contribution >= 0.6 is 0 Å². The van der Waals surface area contributed by atoms with Gasteiger partial charge in [-0.1, -0.05) is 36.4 Å². The lowest BCUT2D eigenvalue weighted by Crippen LogP contribution is -2.41. The number of allylic oxidation sites excluding steroid dienone is 1. The Labute approximate surface area is 180 Å². The number of para-hydroxylation sites is 2. The molecule has 2 N–H and O–H groups in total. The summed E-state index contributed by atoms with van der Waals surface area (Å²) in [6, 6.07) is 19.9. The summed E-state index contributed by atoms with van der Waals surface area (Å²) in [5.41, 5.74) is 4.78. The van der Waals surface area contributed by atoms with Crippen molar-refractivity contribution in [2.24, 2.45) is 0 Å². The van der Waals surface area contributed by atoms with E-state index in [0.29, 0.717) is 12.4 Å². The molecule has 0 radical (unpaired) electrons. The van der Waals surface area contributed by atoms with E-state index in [9.17, 15) is 10.2 Å². The summed E-state index contributed by atoms with van der Waals surface area (Å²) in [6.45, 7) is 3.15. The van der Waals surface area contributed by atoms with Crippen molar-refractivity contribution in [1.82, 2.24) is 0 Å². The second-order valence-corrected chi connectivity index (χ2v) is 8.47. The molecule has 31 heavy (non-hydrogen) atoms. The number of phenols is 2. The molecule has 0 aliphatic carbocycles. The molecular formula is C26H23NO4. The van der Waals surface area contributed by atoms with Gasteiger partial charge in [-0.15, -0.1) is 0 Å². The van der Waals surface area contributed by atoms with E-state index in [-0.39, 0.29) is 17.6 Å². The van der Waals surface area contributed by atoms with Gasteiger partial charge in [-0.05, 0) is 42.3 Å². The molecule has 5 nitrogen and oxygen atoms in total. The SMILES string of the molecule is CC1=CCC(CN2c3ccccc3C3(COc4cc(O)c(O)cc43)c3ccccc32)O1. The number of aromatic hydroxyl groups is 2. The maximum Gasteiger partial charge on any atom is 0.161 e. The Balaban J connectivity index is 1.57. The summed E-state index contributed by atoms with van der Waals surface area (Å²) in [7, 11) is 0. The predicted octanol–water partition coefficient (Wildman–Crippen LogP) is 4.97. The molecule has 0 amide bonds. The second-order valence-electron chi connectivity index (χ2n) is 8.47. The van der Waals surface area contributed by atoms with Gasteiger partial charge in [0.2, 0.25) is 0 Å². The molecule has 3 aromatic rings. The molecule has 0 fully saturated rings. The first kappa shape index (κ1) is 18.2. The van der Waals surface area contributed by atoms with Crippen molar-refractivity contribution in [2.75, 3.05) is 18.1 Å². The maximum atomic E-state index is 10.3. The molecule has 156 valence electrons. The molecule has 5 heteroatoms. The number of hydrogen-bond acceptors (Lipinski definition) is 5. The molecule has 3 aliphatic rings. The summed E-state index contributed by atoms with van der Waals surface area (Å²) in [5, 5.41) is 20.3. The van der Waals surface area contributed by atoms with Crippen LogP contribution in [0.5, 0.6) is 17.2 Å². The molecule has 6 rings (SSSR count). The minimum atomic E-state index is -0.561. The third-order valence-electron chi connectivity index (χ3n) is 6.70. The minimum absolute atomic E-state index is 0.100. The van der Waals surface area contributed by atoms with Crippen molar-refractivity contribution in [2.45, 2.75) is 24.9 Å². The molecule has 1 atom stereocenters. The third kappa shape index (κ3) is 2.49. The van der Waals surface area contributed by atoms with Crippen LogP contribution in [0.3, 0.4) is 0 Å². The monoisotopic (exact) mass is 413 g/mol. The first-order valence-electron chi connectivity index (χ1n) is 10.6. The lowest BCUT2D eigenvalue weighted by Gasteiger charge is -2.43. The van der Waals surface area contributed by atoms with E-state index in [4.69, 9.17) is 9.47 Å². The Kier molecular flexibility index (Phi) is 3.78. The zero-order valence-electron chi connectivity index (χ0n) is 17.2. The maximum absolute atomic E-state index is 10.3. The molecule has 0 saturated carbocycles. The van der Waals surface area contributed by atoms with Gasteiger partial charge in [-0.3, -0.25) is 0 Å². The molecule has 1 spiro atoms. The van der Waals surface area contributed by atoms with Crippen molar-refractivity contribution in [3.63, 3.8) is 0 Å². The Morgan fingerprint density at radius 3 is 2.23 bits per heavy atom. The highest BCUT2D eigenvalue weighted by Crippen LogP contribution is 2.58. The lowest BCUT2D eigenvalue weighted by atomic mass is 9.67. The summed E-state index contributed by atoms with van der Waals surface area (Å²) in [5.74, 6) is 1.28. The quantitative estimate of drug-likeness (QED) is 0.581. The lowest BCUT2D eigenvalue weighted by molar-refractivity contribution is 0.151. The molecule has 0 aromatic heterocycles. The molecule has 3 aromatic carbocycles. The van der Waals surface area contributed by atoms with Crippen LogP contribution in [-0.4, -0.2) is 29.5 Å². The van der Waals surface area contributed by atoms with Gasteiger partial charge in [-0.2, -0.15) is 0 Å². The normalized spacial score (nSPS) is 19.8. The van der Waals surface area contributed by atoms with E-state index in [1.807, 2.05) is 19.1 Å². The van der Waals surface area contributed by atoms with Gasteiger partial charge in [0.1, 0.15) is 18.5 Å². The van der Waals surface area contributed by atoms with Gasteiger partial charge in [0.05, 0.1) is 17.7 Å². The standard InChI is InChI=1S/C26H23NO4/c1-16-10-11-17(31-16)14-27-21-8-4-2-6-18(21)26(19-7-3-5-9-22(19)27)15-30-25-13-24(29)23(28)12-20(25)26/h2-10,12-13,17,28-29H,11,14-15H2,1H3. The van der Waals surface area contributed by atoms with Gasteiger partial charge in [0.15, 0.2) is 11.5 Å². The van der Waals surface area contributed by atoms with E-state index in [1.54, 1.807) is 6.07 Å². The number of hydrogen-bond donors (Lipinski definition) is 2. The first-order valence-corrected chi connectivity index (χ1v) is 10.6. The number of anilines is 2. The summed E-state index contributed by atoms with van der Waals surface area (Å²) >= 11 is 0. The van der Waals surface area contributed by atoms with E-state index in [2.05, 4.69) is 47.4 Å². The summed E-state index contributed by atoms with van der Waals surface area (Å²) in [6.07, 6.45) is 3.14. The number of nitrogens with zero attached hydrogens (tertiary/aromatic N) is 1. The number of benzene rings is 3. The van der Waals surface area contributed by atoms with Crippen LogP contribution in [0.15, 0.2) is 72.5 Å². The summed E-state index contributed by atoms with van der Waals surface area (Å²) in [4.78, 5) is 2.34. The van der Waals surface area contributed by atoms with Gasteiger partial charge in [0, 0.05) is 29.4 Å². The Morgan fingerprint density at radius 2 is 1.58 bits per heavy atom. The van der Waals surface area contributed by atoms with Crippen molar-refractivity contribution < 1.29 is 19.7 Å². The zero-order valence-corrected chi connectivity index (χ0v) is 17.2. The fraction of sp³-hybridized carbons (Fsp3) is 0.231. The van der Waals surface area contributed by atoms with Crippen LogP contribution < -0.4 is 9.64 Å². The van der Waals surface area contributed by atoms with E-state index in [0.717, 1.165) is 46.8 Å². The highest BCUT2D eigenvalue weighted by molar-refractivity contribution is 5.82. The topological polar surface area (TPSA) is 62.2 Å². The number of phenolic OH excluding ortho intramolecular Hbond substituents is 2. The molecule has 3 aliphatic heterocycles. The van der Waals surface area contributed by atoms with Crippen LogP contribution in [0.1, 0.15) is 30.0 Å². The van der Waals surface area contributed by atoms with Crippen molar-refractivity contribution in [1.29, 1.82) is 0 Å². The predicted molar refractivity (Wildman–Crippen MR) is 118 cm³/mol. The van der Waals surface area contributed by atoms with E-state index in [1.165, 1.54) is 6.07 Å². The Hall–Kier alpha value is -3.60. The largest absolute Gasteiger partial charge is 0.504 e. The van der Waals surface area contributed by atoms with Crippen molar-refractivity contribution in [3.8, 4) is 17.2 Å². The fourth-order valence-electron chi connectivity index (χ4n) is 5.30. The summed E-state index contributed by atoms with van der Waals surface area (Å²) < 4.78 is 12.1. The second kappa shape index (κ2) is 6.45. The number of ether oxygens (including phenoxy) is 2. The van der Waals surface area contributed by atoms with Gasteiger partial charge >= 0.3 is 0 Å². The van der Waals surface area contributed by atoms with Gasteiger partial charge < -0.3 is 24.6 Å². The first-order chi connectivity index (χ1) is 15.1. The average Bonchev–Trinajstić information content (AvgIpc) is 3.36. The highest BCUT2D eigenvalue weighted by atomic mass is 16.5. The van der Waals surface area contributed by atoms with Crippen LogP contribution in [0.25, 0.3) is 0 Å². The Morgan fingerprint density at radius 1 is 0.935 bits per heavy atom. The Bertz CT molecular complexity index is 1180. The van der Waals surface area contributed by atoms with Crippen molar-refractivity contribution in [3.05, 3.63) is 89.2 Å². The van der Waals surface area contributed by atoms with Gasteiger partial charge in [-0.25, -0.2) is 0 Å². The van der Waals surface area contributed by atoms with Gasteiger partial charge in [0.25, 0.3) is 0 Å². The average molecular weight is 413 g/mol. The number of rotatable bonds is 2. The molecule has 0 saturated heterocycles. The molecule has 1 unspecified atom stereocenters. The minimum Gasteiger partial charge on any atom is -0.504 e. The fourth-order valence-corrected chi connectivity index (χ4v) is 5.30. The van der Waals surface area contributed by atoms with Crippen LogP contribution in [-0.2, 0) is 10.2 Å². The highest BCUT2D eigenvalue weighted by Gasteiger charge is 2.50. The molecule has 0 bridgehead atoms. The molecular weight excluding hydrogens is 390 g/mol. The molecule has 3 heterocycles. The van der Waals surface area contributed by atoms with Crippen LogP contribution in [0.2, 0.25) is 0 Å². The third-order valence-corrected chi connectivity index (χ3v) is 6.70. The smallest absolute Gasteiger partial charge is 0.161 e. The number of fused-ring (bicyclic) bond motifs is 6. The van der Waals surface area contributed by atoms with E-state index < -0.39 is 5.41 Å². The van der Waals surface area contributed by atoms with Crippen LogP contribution in [0.4, 0.5) is 11.4 Å². The van der Waals surface area contributed by atoms with Crippen molar-refractivity contribution >= 4 is 11.4 Å².